The van der Waals surface area contributed by atoms with Gasteiger partial charge in [-0.1, -0.05) is 24.3 Å². The van der Waals surface area contributed by atoms with Gasteiger partial charge >= 0.3 is 0 Å². The molecule has 42 heavy (non-hydrogen) atoms. The fraction of sp³-hybridized carbons (Fsp3) is 0.367. The minimum Gasteiger partial charge on any atom is -0.497 e. The number of pyridine rings is 1. The van der Waals surface area contributed by atoms with E-state index in [9.17, 15) is 18.3 Å². The number of fused-ring (bicyclic) bond motifs is 1. The summed E-state index contributed by atoms with van der Waals surface area (Å²) in [5.41, 5.74) is -0.428. The maximum absolute atomic E-state index is 15.1. The molecule has 0 aliphatic carbocycles. The third-order valence-electron chi connectivity index (χ3n) is 7.71. The number of rotatable bonds is 8. The number of hydrogen-bond donors (Lipinski definition) is 1. The van der Waals surface area contributed by atoms with Crippen LogP contribution in [0.3, 0.4) is 0 Å². The van der Waals surface area contributed by atoms with Crippen molar-refractivity contribution in [3.05, 3.63) is 77.5 Å². The standard InChI is InChI=1S/C30H34N4O7S/c1-6-41-26-10-8-7-9-22(26)30(33-18-20(35)15-25(33)28(36)32(3)4)23-16-21(40-5)12-13-24(23)34(29(30)37)42(38,39)27-14-11-19(2)17-31-27/h7-14,16-17,20,25,35H,6,15,18H2,1-5H3/t20-,25+,30?/m1/s1. The van der Waals surface area contributed by atoms with Gasteiger partial charge in [-0.2, -0.15) is 12.7 Å². The van der Waals surface area contributed by atoms with Crippen LogP contribution >= 0.6 is 0 Å². The van der Waals surface area contributed by atoms with Crippen LogP contribution in [-0.2, 0) is 25.2 Å². The molecule has 2 aliphatic rings. The molecule has 1 aromatic heterocycles. The highest BCUT2D eigenvalue weighted by Gasteiger charge is 2.64. The number of aryl methyl sites for hydroxylation is 1. The second-order valence-corrected chi connectivity index (χ2v) is 12.3. The predicted octanol–water partition coefficient (Wildman–Crippen LogP) is 2.30. The molecule has 11 nitrogen and oxygen atoms in total. The molecule has 1 saturated heterocycles. The number of likely N-dealkylation sites (tertiary alicyclic amines) is 1. The van der Waals surface area contributed by atoms with E-state index in [1.54, 1.807) is 75.3 Å². The topological polar surface area (TPSA) is 130 Å². The van der Waals surface area contributed by atoms with E-state index in [4.69, 9.17) is 9.47 Å². The van der Waals surface area contributed by atoms with E-state index < -0.39 is 33.6 Å². The number of aromatic nitrogens is 1. The Kier molecular flexibility index (Phi) is 7.73. The number of nitrogens with zero attached hydrogens (tertiary/aromatic N) is 4. The van der Waals surface area contributed by atoms with Gasteiger partial charge in [-0.3, -0.25) is 14.5 Å². The number of aliphatic hydroxyl groups is 1. The highest BCUT2D eigenvalue weighted by Crippen LogP contribution is 2.55. The minimum absolute atomic E-state index is 0.0500. The zero-order valence-electron chi connectivity index (χ0n) is 24.1. The highest BCUT2D eigenvalue weighted by molar-refractivity contribution is 7.93. The summed E-state index contributed by atoms with van der Waals surface area (Å²) in [6.45, 7) is 3.77. The van der Waals surface area contributed by atoms with Crippen molar-refractivity contribution in [3.8, 4) is 11.5 Å². The van der Waals surface area contributed by atoms with Crippen LogP contribution in [0.1, 0.15) is 30.0 Å². The molecule has 1 fully saturated rings. The summed E-state index contributed by atoms with van der Waals surface area (Å²) >= 11 is 0. The molecule has 0 radical (unpaired) electrons. The van der Waals surface area contributed by atoms with Crippen LogP contribution < -0.4 is 13.8 Å². The van der Waals surface area contributed by atoms with Crippen molar-refractivity contribution in [2.24, 2.45) is 0 Å². The molecular formula is C30H34N4O7S. The second-order valence-electron chi connectivity index (χ2n) is 10.6. The van der Waals surface area contributed by atoms with E-state index in [0.717, 1.165) is 9.87 Å². The molecule has 0 saturated carbocycles. The molecular weight excluding hydrogens is 560 g/mol. The number of ether oxygens (including phenoxy) is 2. The maximum atomic E-state index is 15.1. The molecule has 3 aromatic rings. The van der Waals surface area contributed by atoms with Crippen molar-refractivity contribution in [2.75, 3.05) is 38.7 Å². The summed E-state index contributed by atoms with van der Waals surface area (Å²) in [6, 6.07) is 13.6. The van der Waals surface area contributed by atoms with Gasteiger partial charge in [0.1, 0.15) is 11.5 Å². The largest absolute Gasteiger partial charge is 0.497 e. The van der Waals surface area contributed by atoms with E-state index in [1.807, 2.05) is 0 Å². The fourth-order valence-electron chi connectivity index (χ4n) is 5.88. The number of carbonyl (C=O) groups excluding carboxylic acids is 2. The van der Waals surface area contributed by atoms with Crippen molar-refractivity contribution in [1.29, 1.82) is 0 Å². The number of para-hydroxylation sites is 1. The van der Waals surface area contributed by atoms with Gasteiger partial charge in [0.05, 0.1) is 31.5 Å². The minimum atomic E-state index is -4.53. The van der Waals surface area contributed by atoms with Crippen molar-refractivity contribution >= 4 is 27.5 Å². The maximum Gasteiger partial charge on any atom is 0.288 e. The Labute approximate surface area is 245 Å². The van der Waals surface area contributed by atoms with Gasteiger partial charge < -0.3 is 19.5 Å². The molecule has 3 heterocycles. The molecule has 222 valence electrons. The summed E-state index contributed by atoms with van der Waals surface area (Å²) in [5, 5.41) is 10.6. The van der Waals surface area contributed by atoms with Crippen LogP contribution in [0.15, 0.2) is 65.8 Å². The average Bonchev–Trinajstić information content (AvgIpc) is 3.48. The van der Waals surface area contributed by atoms with Gasteiger partial charge in [0, 0.05) is 38.0 Å². The van der Waals surface area contributed by atoms with Gasteiger partial charge in [0.2, 0.25) is 5.91 Å². The van der Waals surface area contributed by atoms with Crippen LogP contribution in [0, 0.1) is 6.92 Å². The first-order valence-corrected chi connectivity index (χ1v) is 15.0. The van der Waals surface area contributed by atoms with Crippen LogP contribution in [0.25, 0.3) is 0 Å². The number of sulfonamides is 1. The monoisotopic (exact) mass is 594 g/mol. The number of aliphatic hydroxyl groups excluding tert-OH is 1. The van der Waals surface area contributed by atoms with E-state index >= 15 is 4.79 Å². The number of anilines is 1. The Bertz CT molecular complexity index is 1630. The zero-order valence-corrected chi connectivity index (χ0v) is 25.0. The van der Waals surface area contributed by atoms with Crippen LogP contribution in [0.5, 0.6) is 11.5 Å². The van der Waals surface area contributed by atoms with Crippen molar-refractivity contribution in [2.45, 2.75) is 43.0 Å². The third kappa shape index (κ3) is 4.50. The van der Waals surface area contributed by atoms with E-state index in [0.29, 0.717) is 17.1 Å². The predicted molar refractivity (Wildman–Crippen MR) is 155 cm³/mol. The Morgan fingerprint density at radius 1 is 1.14 bits per heavy atom. The first kappa shape index (κ1) is 29.5. The number of carbonyl (C=O) groups is 2. The summed E-state index contributed by atoms with van der Waals surface area (Å²) in [6.07, 6.45) is 0.512. The molecule has 0 bridgehead atoms. The van der Waals surface area contributed by atoms with E-state index in [2.05, 4.69) is 4.98 Å². The lowest BCUT2D eigenvalue weighted by molar-refractivity contribution is -0.138. The fourth-order valence-corrected chi connectivity index (χ4v) is 7.26. The Morgan fingerprint density at radius 3 is 2.52 bits per heavy atom. The number of likely N-dealkylation sites (N-methyl/N-ethyl adjacent to an activating group) is 1. The first-order valence-electron chi connectivity index (χ1n) is 13.6. The van der Waals surface area contributed by atoms with Crippen molar-refractivity contribution in [3.63, 3.8) is 0 Å². The molecule has 2 aromatic carbocycles. The lowest BCUT2D eigenvalue weighted by Gasteiger charge is -2.42. The number of hydrogen-bond acceptors (Lipinski definition) is 9. The van der Waals surface area contributed by atoms with Gasteiger partial charge in [-0.05, 0) is 56.2 Å². The second kappa shape index (κ2) is 11.0. The molecule has 0 spiro atoms. The van der Waals surface area contributed by atoms with Crippen molar-refractivity contribution < 1.29 is 32.6 Å². The Morgan fingerprint density at radius 2 is 1.88 bits per heavy atom. The molecule has 1 unspecified atom stereocenters. The van der Waals surface area contributed by atoms with Crippen molar-refractivity contribution in [1.82, 2.24) is 14.8 Å². The number of methoxy groups -OCH3 is 1. The molecule has 12 heteroatoms. The molecule has 2 amide bonds. The highest BCUT2D eigenvalue weighted by atomic mass is 32.2. The van der Waals surface area contributed by atoms with Crippen LogP contribution in [0.4, 0.5) is 5.69 Å². The summed E-state index contributed by atoms with van der Waals surface area (Å²) in [7, 11) is 0.130. The average molecular weight is 595 g/mol. The van der Waals surface area contributed by atoms with Crippen LogP contribution in [-0.4, -0.2) is 86.6 Å². The van der Waals surface area contributed by atoms with E-state index in [1.165, 1.54) is 30.3 Å². The third-order valence-corrected chi connectivity index (χ3v) is 9.32. The Hall–Kier alpha value is -4.00. The van der Waals surface area contributed by atoms with Crippen LogP contribution in [0.2, 0.25) is 0 Å². The van der Waals surface area contributed by atoms with Gasteiger partial charge in [-0.25, -0.2) is 4.98 Å². The molecule has 3 atom stereocenters. The molecule has 1 N–H and O–H groups in total. The number of benzene rings is 2. The lowest BCUT2D eigenvalue weighted by Crippen LogP contribution is -2.59. The number of amides is 2. The van der Waals surface area contributed by atoms with Gasteiger partial charge in [0.25, 0.3) is 15.9 Å². The first-order chi connectivity index (χ1) is 20.0. The number of β-amino-alcohol motifs (C(OH)–C–C–N with tert-alkyl or cyclic N) is 1. The lowest BCUT2D eigenvalue weighted by atomic mass is 9.80. The summed E-state index contributed by atoms with van der Waals surface area (Å²) in [5.74, 6) is -0.459. The molecule has 5 rings (SSSR count). The van der Waals surface area contributed by atoms with E-state index in [-0.39, 0.29) is 41.8 Å². The summed E-state index contributed by atoms with van der Waals surface area (Å²) < 4.78 is 40.8. The van der Waals surface area contributed by atoms with Gasteiger partial charge in [-0.15, -0.1) is 0 Å². The molecule has 2 aliphatic heterocycles. The van der Waals surface area contributed by atoms with Gasteiger partial charge in [0.15, 0.2) is 10.6 Å². The SMILES string of the molecule is CCOc1ccccc1C1(N2C[C@H](O)C[C@H]2C(=O)N(C)C)C(=O)N(S(=O)(=O)c2ccc(C)cn2)c2ccc(OC)cc21. The Balaban J connectivity index is 1.88. The smallest absolute Gasteiger partial charge is 0.288 e. The summed E-state index contributed by atoms with van der Waals surface area (Å²) in [4.78, 5) is 35.9. The zero-order chi connectivity index (χ0) is 30.4. The quantitative estimate of drug-likeness (QED) is 0.418. The normalized spacial score (nSPS) is 22.2.